The lowest BCUT2D eigenvalue weighted by Crippen LogP contribution is -2.50. The summed E-state index contributed by atoms with van der Waals surface area (Å²) in [7, 11) is -1.91. The van der Waals surface area contributed by atoms with Crippen molar-refractivity contribution in [2.75, 3.05) is 33.3 Å². The number of hydrogen-bond donors (Lipinski definition) is 0. The summed E-state index contributed by atoms with van der Waals surface area (Å²) in [5.74, 6) is 1.26. The monoisotopic (exact) mass is 444 g/mol. The van der Waals surface area contributed by atoms with E-state index in [9.17, 15) is 13.2 Å². The average molecular weight is 445 g/mol. The molecule has 168 valence electrons. The highest BCUT2D eigenvalue weighted by Gasteiger charge is 2.30. The summed E-state index contributed by atoms with van der Waals surface area (Å²) in [5, 5.41) is 0. The first-order chi connectivity index (χ1) is 14.8. The summed E-state index contributed by atoms with van der Waals surface area (Å²) in [6, 6.07) is 14.9. The van der Waals surface area contributed by atoms with E-state index in [1.165, 1.54) is 4.31 Å². The molecule has 1 unspecified atom stereocenters. The number of amides is 1. The van der Waals surface area contributed by atoms with Gasteiger partial charge in [-0.1, -0.05) is 38.1 Å². The lowest BCUT2D eigenvalue weighted by atomic mass is 9.99. The van der Waals surface area contributed by atoms with Gasteiger partial charge >= 0.3 is 0 Å². The van der Waals surface area contributed by atoms with Gasteiger partial charge in [0.1, 0.15) is 5.75 Å². The molecule has 1 heterocycles. The molecule has 1 atom stereocenters. The van der Waals surface area contributed by atoms with Crippen LogP contribution >= 0.6 is 0 Å². The van der Waals surface area contributed by atoms with E-state index in [0.717, 1.165) is 23.3 Å². The molecule has 0 bridgehead atoms. The number of methoxy groups -OCH3 is 1. The van der Waals surface area contributed by atoms with Crippen LogP contribution in [0.15, 0.2) is 53.4 Å². The molecule has 1 amide bonds. The number of rotatable bonds is 8. The Kier molecular flexibility index (Phi) is 7.73. The van der Waals surface area contributed by atoms with Crippen LogP contribution in [0.25, 0.3) is 0 Å². The molecular weight excluding hydrogens is 412 g/mol. The van der Waals surface area contributed by atoms with Crippen molar-refractivity contribution in [2.24, 2.45) is 0 Å². The molecule has 0 aromatic heterocycles. The maximum atomic E-state index is 13.0. The molecule has 0 saturated carbocycles. The second-order valence-corrected chi connectivity index (χ2v) is 9.95. The number of benzene rings is 2. The summed E-state index contributed by atoms with van der Waals surface area (Å²) in [4.78, 5) is 14.7. The van der Waals surface area contributed by atoms with Gasteiger partial charge in [-0.05, 0) is 54.2 Å². The van der Waals surface area contributed by atoms with Crippen molar-refractivity contribution >= 4 is 15.9 Å². The molecule has 2 aromatic rings. The maximum Gasteiger partial charge on any atom is 0.243 e. The van der Waals surface area contributed by atoms with Crippen molar-refractivity contribution in [1.29, 1.82) is 0 Å². The van der Waals surface area contributed by atoms with E-state index in [1.54, 1.807) is 24.1 Å². The van der Waals surface area contributed by atoms with Gasteiger partial charge in [0.15, 0.2) is 0 Å². The van der Waals surface area contributed by atoms with Crippen molar-refractivity contribution in [3.63, 3.8) is 0 Å². The van der Waals surface area contributed by atoms with Crippen molar-refractivity contribution in [1.82, 2.24) is 9.21 Å². The Balaban J connectivity index is 1.53. The number of aryl methyl sites for hydroxylation is 1. The SMILES string of the molecule is CCC(C)c1ccc(S(=O)(=O)N2CCN(C(=O)CCc3ccc(OC)cc3)CC2)cc1. The molecule has 7 heteroatoms. The molecule has 2 aromatic carbocycles. The minimum absolute atomic E-state index is 0.0609. The standard InChI is InChI=1S/C24H32N2O4S/c1-4-19(2)21-8-12-23(13-9-21)31(28,29)26-17-15-25(16-18-26)24(27)14-7-20-5-10-22(30-3)11-6-20/h5-6,8-13,19H,4,7,14-18H2,1-3H3. The van der Waals surface area contributed by atoms with E-state index in [1.807, 2.05) is 36.4 Å². The molecule has 0 spiro atoms. The molecule has 3 rings (SSSR count). The summed E-state index contributed by atoms with van der Waals surface area (Å²) in [6.45, 7) is 5.74. The highest BCUT2D eigenvalue weighted by molar-refractivity contribution is 7.89. The highest BCUT2D eigenvalue weighted by Crippen LogP contribution is 2.23. The zero-order valence-electron chi connectivity index (χ0n) is 18.6. The van der Waals surface area contributed by atoms with Crippen molar-refractivity contribution in [2.45, 2.75) is 43.9 Å². The fourth-order valence-electron chi connectivity index (χ4n) is 3.73. The minimum Gasteiger partial charge on any atom is -0.497 e. The Morgan fingerprint density at radius 3 is 2.16 bits per heavy atom. The van der Waals surface area contributed by atoms with Crippen LogP contribution < -0.4 is 4.74 Å². The molecule has 0 radical (unpaired) electrons. The molecule has 0 N–H and O–H groups in total. The molecule has 1 fully saturated rings. The van der Waals surface area contributed by atoms with Crippen LogP contribution in [-0.4, -0.2) is 56.8 Å². The Bertz CT molecular complexity index is 964. The number of sulfonamides is 1. The molecule has 1 aliphatic rings. The third kappa shape index (κ3) is 5.66. The fraction of sp³-hybridized carbons (Fsp3) is 0.458. The smallest absolute Gasteiger partial charge is 0.243 e. The maximum absolute atomic E-state index is 13.0. The first-order valence-corrected chi connectivity index (χ1v) is 12.3. The number of piperazine rings is 1. The first kappa shape index (κ1) is 23.3. The molecule has 1 aliphatic heterocycles. The van der Waals surface area contributed by atoms with Gasteiger partial charge in [-0.3, -0.25) is 4.79 Å². The van der Waals surface area contributed by atoms with E-state index >= 15 is 0 Å². The van der Waals surface area contributed by atoms with Crippen LogP contribution in [0, 0.1) is 0 Å². The summed E-state index contributed by atoms with van der Waals surface area (Å²) in [5.41, 5.74) is 2.23. The van der Waals surface area contributed by atoms with Crippen LogP contribution in [0.2, 0.25) is 0 Å². The lowest BCUT2D eigenvalue weighted by molar-refractivity contribution is -0.132. The van der Waals surface area contributed by atoms with Crippen molar-refractivity contribution in [3.05, 3.63) is 59.7 Å². The predicted octanol–water partition coefficient (Wildman–Crippen LogP) is 3.67. The Labute approximate surface area is 185 Å². The van der Waals surface area contributed by atoms with Crippen LogP contribution in [0.5, 0.6) is 5.75 Å². The molecule has 6 nitrogen and oxygen atoms in total. The molecule has 31 heavy (non-hydrogen) atoms. The summed E-state index contributed by atoms with van der Waals surface area (Å²) >= 11 is 0. The number of hydrogen-bond acceptors (Lipinski definition) is 4. The average Bonchev–Trinajstić information content (AvgIpc) is 2.82. The van der Waals surface area contributed by atoms with Gasteiger partial charge < -0.3 is 9.64 Å². The number of carbonyl (C=O) groups excluding carboxylic acids is 1. The second-order valence-electron chi connectivity index (χ2n) is 8.01. The number of carbonyl (C=O) groups is 1. The van der Waals surface area contributed by atoms with Gasteiger partial charge in [-0.15, -0.1) is 0 Å². The van der Waals surface area contributed by atoms with Gasteiger partial charge in [0.25, 0.3) is 0 Å². The Morgan fingerprint density at radius 1 is 1.00 bits per heavy atom. The summed E-state index contributed by atoms with van der Waals surface area (Å²) in [6.07, 6.45) is 2.08. The Morgan fingerprint density at radius 2 is 1.61 bits per heavy atom. The van der Waals surface area contributed by atoms with E-state index in [-0.39, 0.29) is 5.91 Å². The quantitative estimate of drug-likeness (QED) is 0.623. The Hall–Kier alpha value is -2.38. The van der Waals surface area contributed by atoms with Crippen LogP contribution in [0.1, 0.15) is 43.7 Å². The first-order valence-electron chi connectivity index (χ1n) is 10.9. The van der Waals surface area contributed by atoms with Gasteiger partial charge in [0, 0.05) is 32.6 Å². The normalized spacial score (nSPS) is 16.2. The summed E-state index contributed by atoms with van der Waals surface area (Å²) < 4.78 is 32.6. The fourth-order valence-corrected chi connectivity index (χ4v) is 5.15. The van der Waals surface area contributed by atoms with Gasteiger partial charge in [0.2, 0.25) is 15.9 Å². The van der Waals surface area contributed by atoms with Crippen LogP contribution in [0.3, 0.4) is 0 Å². The predicted molar refractivity (Wildman–Crippen MR) is 122 cm³/mol. The molecule has 0 aliphatic carbocycles. The van der Waals surface area contributed by atoms with E-state index in [0.29, 0.717) is 49.8 Å². The lowest BCUT2D eigenvalue weighted by Gasteiger charge is -2.34. The highest BCUT2D eigenvalue weighted by atomic mass is 32.2. The van der Waals surface area contributed by atoms with E-state index in [2.05, 4.69) is 13.8 Å². The third-order valence-corrected chi connectivity index (χ3v) is 7.99. The topological polar surface area (TPSA) is 66.9 Å². The van der Waals surface area contributed by atoms with E-state index < -0.39 is 10.0 Å². The van der Waals surface area contributed by atoms with E-state index in [4.69, 9.17) is 4.74 Å². The molecular formula is C24H32N2O4S. The third-order valence-electron chi connectivity index (χ3n) is 6.08. The van der Waals surface area contributed by atoms with Crippen LogP contribution in [0.4, 0.5) is 0 Å². The van der Waals surface area contributed by atoms with Gasteiger partial charge in [0.05, 0.1) is 12.0 Å². The van der Waals surface area contributed by atoms with Crippen molar-refractivity contribution < 1.29 is 17.9 Å². The zero-order valence-corrected chi connectivity index (χ0v) is 19.4. The largest absolute Gasteiger partial charge is 0.497 e. The van der Waals surface area contributed by atoms with Crippen LogP contribution in [-0.2, 0) is 21.2 Å². The number of nitrogens with zero attached hydrogens (tertiary/aromatic N) is 2. The number of ether oxygens (including phenoxy) is 1. The second kappa shape index (κ2) is 10.3. The zero-order chi connectivity index (χ0) is 22.4. The van der Waals surface area contributed by atoms with Gasteiger partial charge in [-0.2, -0.15) is 4.31 Å². The van der Waals surface area contributed by atoms with Gasteiger partial charge in [-0.25, -0.2) is 8.42 Å². The van der Waals surface area contributed by atoms with Crippen molar-refractivity contribution in [3.8, 4) is 5.75 Å². The minimum atomic E-state index is -3.54. The molecule has 1 saturated heterocycles.